The zero-order chi connectivity index (χ0) is 14.4. The molecule has 0 aliphatic heterocycles. The van der Waals surface area contributed by atoms with Crippen LogP contribution in [0, 0.1) is 6.92 Å². The largest absolute Gasteiger partial charge is 0.339 e. The Morgan fingerprint density at radius 1 is 0.952 bits per heavy atom. The molecule has 1 N–H and O–H groups in total. The number of hydrogen-bond donors (Lipinski definition) is 1. The molecule has 0 spiro atoms. The number of para-hydroxylation sites is 1. The van der Waals surface area contributed by atoms with Crippen molar-refractivity contribution in [1.29, 1.82) is 0 Å². The van der Waals surface area contributed by atoms with Crippen molar-refractivity contribution in [2.24, 2.45) is 0 Å². The first-order chi connectivity index (χ1) is 10.3. The summed E-state index contributed by atoms with van der Waals surface area (Å²) in [7, 11) is 0. The van der Waals surface area contributed by atoms with Crippen LogP contribution in [-0.4, -0.2) is 9.97 Å². The van der Waals surface area contributed by atoms with E-state index in [4.69, 9.17) is 11.6 Å². The van der Waals surface area contributed by atoms with E-state index in [0.717, 1.165) is 33.2 Å². The van der Waals surface area contributed by atoms with Crippen LogP contribution in [0.2, 0.25) is 5.15 Å². The number of aromatic amines is 1. The summed E-state index contributed by atoms with van der Waals surface area (Å²) in [6.45, 7) is 2.03. The normalized spacial score (nSPS) is 11.3. The molecule has 0 aliphatic rings. The summed E-state index contributed by atoms with van der Waals surface area (Å²) in [6, 6.07) is 18.6. The van der Waals surface area contributed by atoms with Crippen LogP contribution in [-0.2, 0) is 0 Å². The van der Waals surface area contributed by atoms with E-state index in [1.807, 2.05) is 37.3 Å². The summed E-state index contributed by atoms with van der Waals surface area (Å²) in [5, 5.41) is 2.87. The van der Waals surface area contributed by atoms with Gasteiger partial charge in [0.05, 0.1) is 0 Å². The number of H-pyrrole nitrogens is 1. The Hall–Kier alpha value is -2.32. The minimum atomic E-state index is 0.549. The lowest BCUT2D eigenvalue weighted by molar-refractivity contribution is 1.30. The lowest BCUT2D eigenvalue weighted by Crippen LogP contribution is -1.90. The monoisotopic (exact) mass is 292 g/mol. The van der Waals surface area contributed by atoms with E-state index >= 15 is 0 Å². The maximum Gasteiger partial charge on any atom is 0.140 e. The molecular weight excluding hydrogens is 280 g/mol. The Morgan fingerprint density at radius 3 is 2.48 bits per heavy atom. The Morgan fingerprint density at radius 2 is 1.67 bits per heavy atom. The molecule has 0 radical (unpaired) electrons. The predicted molar refractivity (Wildman–Crippen MR) is 88.8 cm³/mol. The van der Waals surface area contributed by atoms with Crippen molar-refractivity contribution in [3.05, 3.63) is 65.3 Å². The molecular formula is C18H13ClN2. The van der Waals surface area contributed by atoms with Crippen molar-refractivity contribution < 1.29 is 0 Å². The number of aromatic nitrogens is 2. The molecule has 0 saturated heterocycles. The van der Waals surface area contributed by atoms with Crippen molar-refractivity contribution in [1.82, 2.24) is 9.97 Å². The fourth-order valence-electron chi connectivity index (χ4n) is 2.90. The number of fused-ring (bicyclic) bond motifs is 3. The van der Waals surface area contributed by atoms with Crippen molar-refractivity contribution in [2.45, 2.75) is 6.92 Å². The first-order valence-corrected chi connectivity index (χ1v) is 7.25. The Bertz CT molecular complexity index is 955. The molecule has 0 saturated carbocycles. The van der Waals surface area contributed by atoms with Gasteiger partial charge in [-0.3, -0.25) is 0 Å². The van der Waals surface area contributed by atoms with Crippen molar-refractivity contribution in [2.75, 3.05) is 0 Å². The van der Waals surface area contributed by atoms with Gasteiger partial charge in [-0.25, -0.2) is 4.98 Å². The Kier molecular flexibility index (Phi) is 2.72. The van der Waals surface area contributed by atoms with Gasteiger partial charge in [-0.2, -0.15) is 0 Å². The first-order valence-electron chi connectivity index (χ1n) is 6.87. The molecule has 0 unspecified atom stereocenters. The van der Waals surface area contributed by atoms with Crippen LogP contribution >= 0.6 is 11.6 Å². The smallest absolute Gasteiger partial charge is 0.140 e. The zero-order valence-electron chi connectivity index (χ0n) is 11.5. The van der Waals surface area contributed by atoms with E-state index < -0.39 is 0 Å². The highest BCUT2D eigenvalue weighted by atomic mass is 35.5. The number of benzene rings is 2. The minimum absolute atomic E-state index is 0.549. The topological polar surface area (TPSA) is 28.7 Å². The van der Waals surface area contributed by atoms with Crippen molar-refractivity contribution in [3.8, 4) is 11.1 Å². The molecule has 2 aromatic heterocycles. The summed E-state index contributed by atoms with van der Waals surface area (Å²) >= 11 is 6.34. The van der Waals surface area contributed by atoms with Crippen LogP contribution in [0.1, 0.15) is 5.56 Å². The first kappa shape index (κ1) is 12.4. The van der Waals surface area contributed by atoms with E-state index in [9.17, 15) is 0 Å². The van der Waals surface area contributed by atoms with Crippen LogP contribution in [0.25, 0.3) is 33.1 Å². The molecule has 0 amide bonds. The fraction of sp³-hybridized carbons (Fsp3) is 0.0556. The summed E-state index contributed by atoms with van der Waals surface area (Å²) in [4.78, 5) is 7.87. The lowest BCUT2D eigenvalue weighted by atomic mass is 9.97. The molecule has 21 heavy (non-hydrogen) atoms. The lowest BCUT2D eigenvalue weighted by Gasteiger charge is -2.09. The van der Waals surface area contributed by atoms with Gasteiger partial charge < -0.3 is 4.98 Å². The van der Waals surface area contributed by atoms with Gasteiger partial charge in [0.15, 0.2) is 0 Å². The molecule has 4 rings (SSSR count). The third-order valence-corrected chi connectivity index (χ3v) is 4.26. The van der Waals surface area contributed by atoms with Crippen LogP contribution in [0.3, 0.4) is 0 Å². The number of rotatable bonds is 1. The van der Waals surface area contributed by atoms with Crippen molar-refractivity contribution in [3.63, 3.8) is 0 Å². The number of nitrogens with one attached hydrogen (secondary N) is 1. The van der Waals surface area contributed by atoms with Gasteiger partial charge in [-0.15, -0.1) is 0 Å². The number of halogens is 1. The van der Waals surface area contributed by atoms with Gasteiger partial charge in [0, 0.05) is 16.3 Å². The summed E-state index contributed by atoms with van der Waals surface area (Å²) in [6.07, 6.45) is 0. The molecule has 0 bridgehead atoms. The second-order valence-corrected chi connectivity index (χ2v) is 5.52. The van der Waals surface area contributed by atoms with Gasteiger partial charge in [-0.1, -0.05) is 60.1 Å². The maximum absolute atomic E-state index is 6.34. The second kappa shape index (κ2) is 4.61. The van der Waals surface area contributed by atoms with E-state index in [1.165, 1.54) is 5.39 Å². The SMILES string of the molecule is Cc1c(Cl)nc2[nH]c3ccccc3c2c1-c1ccccc1. The van der Waals surface area contributed by atoms with Crippen LogP contribution in [0.4, 0.5) is 0 Å². The van der Waals surface area contributed by atoms with E-state index in [2.05, 4.69) is 34.2 Å². The molecule has 0 aliphatic carbocycles. The zero-order valence-corrected chi connectivity index (χ0v) is 12.3. The highest BCUT2D eigenvalue weighted by Gasteiger charge is 2.16. The fourth-order valence-corrected chi connectivity index (χ4v) is 3.08. The van der Waals surface area contributed by atoms with Crippen molar-refractivity contribution >= 4 is 33.5 Å². The average Bonchev–Trinajstić information content (AvgIpc) is 2.87. The van der Waals surface area contributed by atoms with Crippen LogP contribution in [0.15, 0.2) is 54.6 Å². The molecule has 0 atom stereocenters. The van der Waals surface area contributed by atoms with E-state index in [-0.39, 0.29) is 0 Å². The molecule has 2 aromatic carbocycles. The van der Waals surface area contributed by atoms with Gasteiger partial charge in [0.1, 0.15) is 10.8 Å². The Balaban J connectivity index is 2.24. The van der Waals surface area contributed by atoms with Gasteiger partial charge in [-0.05, 0) is 29.7 Å². The Labute approximate surface area is 127 Å². The molecule has 2 nitrogen and oxygen atoms in total. The molecule has 3 heteroatoms. The quantitative estimate of drug-likeness (QED) is 0.471. The summed E-state index contributed by atoms with van der Waals surface area (Å²) in [5.74, 6) is 0. The molecule has 4 aromatic rings. The van der Waals surface area contributed by atoms with Crippen LogP contribution in [0.5, 0.6) is 0 Å². The molecule has 0 fully saturated rings. The second-order valence-electron chi connectivity index (χ2n) is 5.16. The molecule has 102 valence electrons. The highest BCUT2D eigenvalue weighted by molar-refractivity contribution is 6.32. The highest BCUT2D eigenvalue weighted by Crippen LogP contribution is 2.38. The number of hydrogen-bond acceptors (Lipinski definition) is 1. The third kappa shape index (κ3) is 1.83. The van der Waals surface area contributed by atoms with Gasteiger partial charge in [0.25, 0.3) is 0 Å². The third-order valence-electron chi connectivity index (χ3n) is 3.89. The van der Waals surface area contributed by atoms with E-state index in [0.29, 0.717) is 5.15 Å². The average molecular weight is 293 g/mol. The minimum Gasteiger partial charge on any atom is -0.339 e. The van der Waals surface area contributed by atoms with Gasteiger partial charge in [0.2, 0.25) is 0 Å². The van der Waals surface area contributed by atoms with Crippen LogP contribution < -0.4 is 0 Å². The number of nitrogens with zero attached hydrogens (tertiary/aromatic N) is 1. The molecule has 2 heterocycles. The summed E-state index contributed by atoms with van der Waals surface area (Å²) in [5.41, 5.74) is 5.25. The predicted octanol–water partition coefficient (Wildman–Crippen LogP) is 5.34. The summed E-state index contributed by atoms with van der Waals surface area (Å²) < 4.78 is 0. The van der Waals surface area contributed by atoms with E-state index in [1.54, 1.807) is 0 Å². The number of pyridine rings is 1. The standard InChI is InChI=1S/C18H13ClN2/c1-11-15(12-7-3-2-4-8-12)16-13-9-5-6-10-14(13)20-18(16)21-17(11)19/h2-10H,1H3,(H,20,21). The maximum atomic E-state index is 6.34. The van der Waals surface area contributed by atoms with Gasteiger partial charge >= 0.3 is 0 Å².